The fourth-order valence-electron chi connectivity index (χ4n) is 3.77. The Hall–Kier alpha value is -1.96. The summed E-state index contributed by atoms with van der Waals surface area (Å²) in [6, 6.07) is -0.423. The molecule has 1 N–H and O–H groups in total. The van der Waals surface area contributed by atoms with Crippen LogP contribution in [0.2, 0.25) is 0 Å². The lowest BCUT2D eigenvalue weighted by atomic mass is 9.73. The molecule has 0 bridgehead atoms. The van der Waals surface area contributed by atoms with Crippen LogP contribution >= 0.6 is 0 Å². The number of carbonyl (C=O) groups is 1. The third-order valence-corrected chi connectivity index (χ3v) is 4.72. The van der Waals surface area contributed by atoms with Crippen molar-refractivity contribution >= 4 is 5.97 Å². The lowest BCUT2D eigenvalue weighted by Gasteiger charge is -2.31. The standard InChI is InChI=1S/C17H28N4O4/c1-7-25-16(22)14-12(17(4,5)6)15(21(23)24)13(19-14)11-8-9-18-20(11)10(2)3/h8-10,12-15,19H,7H2,1-6H3/t12-,13+,14+,15+/m1/s1. The van der Waals surface area contributed by atoms with E-state index in [2.05, 4.69) is 10.4 Å². The van der Waals surface area contributed by atoms with E-state index < -0.39 is 35.4 Å². The number of nitrogens with zero attached hydrogens (tertiary/aromatic N) is 3. The van der Waals surface area contributed by atoms with Gasteiger partial charge in [-0.05, 0) is 32.3 Å². The molecule has 1 fully saturated rings. The molecule has 0 radical (unpaired) electrons. The van der Waals surface area contributed by atoms with Crippen molar-refractivity contribution in [1.82, 2.24) is 15.1 Å². The van der Waals surface area contributed by atoms with Gasteiger partial charge in [0.1, 0.15) is 12.1 Å². The van der Waals surface area contributed by atoms with E-state index in [4.69, 9.17) is 4.74 Å². The Bertz CT molecular complexity index is 635. The van der Waals surface area contributed by atoms with Gasteiger partial charge in [-0.2, -0.15) is 5.10 Å². The van der Waals surface area contributed by atoms with Crippen LogP contribution in [-0.4, -0.2) is 39.4 Å². The molecular formula is C17H28N4O4. The first-order chi connectivity index (χ1) is 11.6. The van der Waals surface area contributed by atoms with Crippen LogP contribution in [0.25, 0.3) is 0 Å². The normalized spacial score (nSPS) is 26.8. The lowest BCUT2D eigenvalue weighted by Crippen LogP contribution is -2.45. The van der Waals surface area contributed by atoms with Crippen LogP contribution in [0.3, 0.4) is 0 Å². The van der Waals surface area contributed by atoms with Crippen molar-refractivity contribution in [3.05, 3.63) is 28.1 Å². The minimum Gasteiger partial charge on any atom is -0.465 e. The third kappa shape index (κ3) is 3.68. The summed E-state index contributed by atoms with van der Waals surface area (Å²) in [5.74, 6) is -0.936. The third-order valence-electron chi connectivity index (χ3n) is 4.72. The Morgan fingerprint density at radius 1 is 1.48 bits per heavy atom. The monoisotopic (exact) mass is 352 g/mol. The van der Waals surface area contributed by atoms with E-state index in [9.17, 15) is 14.9 Å². The van der Waals surface area contributed by atoms with Gasteiger partial charge in [-0.1, -0.05) is 20.8 Å². The Morgan fingerprint density at radius 2 is 2.12 bits per heavy atom. The zero-order chi connectivity index (χ0) is 18.9. The molecule has 1 aliphatic rings. The minimum atomic E-state index is -0.941. The molecule has 1 aromatic heterocycles. The summed E-state index contributed by atoms with van der Waals surface area (Å²) in [5.41, 5.74) is 0.275. The second kappa shape index (κ2) is 7.11. The van der Waals surface area contributed by atoms with Crippen LogP contribution in [0.5, 0.6) is 0 Å². The largest absolute Gasteiger partial charge is 0.465 e. The molecule has 4 atom stereocenters. The summed E-state index contributed by atoms with van der Waals surface area (Å²) in [5, 5.41) is 19.4. The van der Waals surface area contributed by atoms with Crippen LogP contribution < -0.4 is 5.32 Å². The molecule has 0 spiro atoms. The van der Waals surface area contributed by atoms with Crippen molar-refractivity contribution < 1.29 is 14.5 Å². The van der Waals surface area contributed by atoms with E-state index in [0.717, 1.165) is 5.69 Å². The molecule has 8 nitrogen and oxygen atoms in total. The van der Waals surface area contributed by atoms with Gasteiger partial charge >= 0.3 is 5.97 Å². The Balaban J connectivity index is 2.51. The summed E-state index contributed by atoms with van der Waals surface area (Å²) >= 11 is 0. The maximum atomic E-state index is 12.5. The van der Waals surface area contributed by atoms with Gasteiger partial charge in [0.15, 0.2) is 0 Å². The second-order valence-corrected chi connectivity index (χ2v) is 7.84. The van der Waals surface area contributed by atoms with Crippen molar-refractivity contribution in [2.24, 2.45) is 11.3 Å². The number of aromatic nitrogens is 2. The average molecular weight is 352 g/mol. The summed E-state index contributed by atoms with van der Waals surface area (Å²) in [4.78, 5) is 24.2. The van der Waals surface area contributed by atoms with Crippen LogP contribution in [0, 0.1) is 21.4 Å². The fraction of sp³-hybridized carbons (Fsp3) is 0.765. The predicted octanol–water partition coefficient (Wildman–Crippen LogP) is 2.35. The van der Waals surface area contributed by atoms with Gasteiger partial charge in [0.2, 0.25) is 6.04 Å². The highest BCUT2D eigenvalue weighted by Gasteiger charge is 2.59. The lowest BCUT2D eigenvalue weighted by molar-refractivity contribution is -0.535. The zero-order valence-corrected chi connectivity index (χ0v) is 15.7. The highest BCUT2D eigenvalue weighted by Crippen LogP contribution is 2.43. The highest BCUT2D eigenvalue weighted by molar-refractivity contribution is 5.77. The van der Waals surface area contributed by atoms with Crippen LogP contribution in [0.1, 0.15) is 59.3 Å². The van der Waals surface area contributed by atoms with E-state index >= 15 is 0 Å². The van der Waals surface area contributed by atoms with Gasteiger partial charge < -0.3 is 4.74 Å². The number of ether oxygens (including phenoxy) is 1. The molecule has 0 saturated carbocycles. The summed E-state index contributed by atoms with van der Waals surface area (Å²) in [7, 11) is 0. The van der Waals surface area contributed by atoms with Crippen molar-refractivity contribution in [3.63, 3.8) is 0 Å². The van der Waals surface area contributed by atoms with Gasteiger partial charge in [-0.15, -0.1) is 0 Å². The van der Waals surface area contributed by atoms with Crippen LogP contribution in [0.15, 0.2) is 12.3 Å². The zero-order valence-electron chi connectivity index (χ0n) is 15.7. The minimum absolute atomic E-state index is 0.0638. The van der Waals surface area contributed by atoms with Gasteiger partial charge in [-0.3, -0.25) is 24.9 Å². The van der Waals surface area contributed by atoms with E-state index in [1.165, 1.54) is 0 Å². The first kappa shape index (κ1) is 19.4. The molecule has 2 heterocycles. The quantitative estimate of drug-likeness (QED) is 0.496. The van der Waals surface area contributed by atoms with E-state index in [0.29, 0.717) is 0 Å². The number of esters is 1. The summed E-state index contributed by atoms with van der Waals surface area (Å²) in [6.45, 7) is 11.7. The second-order valence-electron chi connectivity index (χ2n) is 7.84. The van der Waals surface area contributed by atoms with Gasteiger partial charge in [0.05, 0.1) is 18.2 Å². The molecule has 0 aliphatic carbocycles. The maximum absolute atomic E-state index is 12.5. The van der Waals surface area contributed by atoms with Crippen molar-refractivity contribution in [2.75, 3.05) is 6.61 Å². The average Bonchev–Trinajstić information content (AvgIpc) is 3.10. The van der Waals surface area contributed by atoms with Crippen LogP contribution in [-0.2, 0) is 9.53 Å². The Labute approximate surface area is 148 Å². The smallest absolute Gasteiger partial charge is 0.323 e. The molecule has 25 heavy (non-hydrogen) atoms. The van der Waals surface area contributed by atoms with Crippen molar-refractivity contribution in [1.29, 1.82) is 0 Å². The SMILES string of the molecule is CCOC(=O)[C@H]1N[C@@H](c2ccnn2C(C)C)[C@@H]([N+](=O)[O-])[C@@H]1C(C)(C)C. The van der Waals surface area contributed by atoms with E-state index in [1.807, 2.05) is 34.6 Å². The van der Waals surface area contributed by atoms with Crippen molar-refractivity contribution in [2.45, 2.75) is 65.7 Å². The number of hydrogen-bond acceptors (Lipinski definition) is 6. The van der Waals surface area contributed by atoms with E-state index in [-0.39, 0.29) is 17.6 Å². The molecule has 140 valence electrons. The number of carbonyl (C=O) groups excluding carboxylic acids is 1. The molecule has 0 unspecified atom stereocenters. The van der Waals surface area contributed by atoms with E-state index in [1.54, 1.807) is 23.9 Å². The highest BCUT2D eigenvalue weighted by atomic mass is 16.6. The number of rotatable bonds is 5. The molecule has 1 aliphatic heterocycles. The molecule has 2 rings (SSSR count). The molecular weight excluding hydrogens is 324 g/mol. The number of nitrogens with one attached hydrogen (secondary N) is 1. The molecule has 0 aromatic carbocycles. The number of hydrogen-bond donors (Lipinski definition) is 1. The molecule has 8 heteroatoms. The van der Waals surface area contributed by atoms with Gasteiger partial charge in [-0.25, -0.2) is 0 Å². The molecule has 0 amide bonds. The van der Waals surface area contributed by atoms with Crippen LogP contribution in [0.4, 0.5) is 0 Å². The summed E-state index contributed by atoms with van der Waals surface area (Å²) in [6.07, 6.45) is 1.64. The molecule has 1 saturated heterocycles. The Kier molecular flexibility index (Phi) is 5.51. The maximum Gasteiger partial charge on any atom is 0.323 e. The van der Waals surface area contributed by atoms with Gasteiger partial charge in [0, 0.05) is 17.2 Å². The Morgan fingerprint density at radius 3 is 2.60 bits per heavy atom. The number of nitro groups is 1. The van der Waals surface area contributed by atoms with Crippen molar-refractivity contribution in [3.8, 4) is 0 Å². The first-order valence-corrected chi connectivity index (χ1v) is 8.69. The van der Waals surface area contributed by atoms with Gasteiger partial charge in [0.25, 0.3) is 0 Å². The summed E-state index contributed by atoms with van der Waals surface area (Å²) < 4.78 is 6.94. The fourth-order valence-corrected chi connectivity index (χ4v) is 3.77. The predicted molar refractivity (Wildman–Crippen MR) is 92.6 cm³/mol. The topological polar surface area (TPSA) is 99.3 Å². The first-order valence-electron chi connectivity index (χ1n) is 8.69. The molecule has 1 aromatic rings.